The molecule has 0 bridgehead atoms. The monoisotopic (exact) mass is 328 g/mol. The lowest BCUT2D eigenvalue weighted by Gasteiger charge is -2.09. The van der Waals surface area contributed by atoms with Crippen LogP contribution in [0, 0.1) is 5.39 Å². The van der Waals surface area contributed by atoms with E-state index in [-0.39, 0.29) is 6.07 Å². The molecule has 0 fully saturated rings. The highest BCUT2D eigenvalue weighted by molar-refractivity contribution is 6.50. The summed E-state index contributed by atoms with van der Waals surface area (Å²) in [7, 11) is -6.00. The van der Waals surface area contributed by atoms with Gasteiger partial charge in [-0.3, -0.25) is 0 Å². The minimum atomic E-state index is -6.00. The van der Waals surface area contributed by atoms with Gasteiger partial charge in [-0.1, -0.05) is 0 Å². The zero-order valence-corrected chi connectivity index (χ0v) is 9.48. The number of nitrogens with zero attached hydrogens (tertiary/aromatic N) is 2. The van der Waals surface area contributed by atoms with Gasteiger partial charge in [-0.15, -0.1) is 0 Å². The van der Waals surface area contributed by atoms with Crippen molar-refractivity contribution in [3.63, 3.8) is 0 Å². The number of diazo groups is 1. The molecule has 0 aliphatic rings. The van der Waals surface area contributed by atoms with Crippen molar-refractivity contribution in [3.05, 3.63) is 34.3 Å². The molecule has 0 amide bonds. The molecule has 0 saturated carbocycles. The van der Waals surface area contributed by atoms with Crippen LogP contribution in [0.3, 0.4) is 0 Å². The largest absolute Gasteiger partial charge is 0.673 e. The Hall–Kier alpha value is -2.00. The van der Waals surface area contributed by atoms with Crippen LogP contribution in [0.15, 0.2) is 18.2 Å². The fraction of sp³-hybridized carbons (Fsp3) is 0.250. The second kappa shape index (κ2) is 6.19. The molecule has 0 heterocycles. The van der Waals surface area contributed by atoms with Crippen molar-refractivity contribution in [2.45, 2.75) is 12.4 Å². The first-order valence-electron chi connectivity index (χ1n) is 4.66. The smallest absolute Gasteiger partial charge is 0.418 e. The molecule has 0 N–H and O–H groups in total. The SMILES string of the molecule is F[B-](F)(F)F.N#[N+]c1cc(C(F)(F)F)cc(C(F)(F)F)c1. The molecule has 1 rings (SSSR count). The summed E-state index contributed by atoms with van der Waals surface area (Å²) in [6.07, 6.45) is -9.86. The first-order valence-corrected chi connectivity index (χ1v) is 4.66. The Bertz CT molecular complexity index is 486. The van der Waals surface area contributed by atoms with E-state index in [0.717, 1.165) is 0 Å². The van der Waals surface area contributed by atoms with Gasteiger partial charge in [0.25, 0.3) is 0 Å². The highest BCUT2D eigenvalue weighted by Crippen LogP contribution is 2.38. The Labute approximate surface area is 110 Å². The summed E-state index contributed by atoms with van der Waals surface area (Å²) in [5, 5.41) is 8.21. The van der Waals surface area contributed by atoms with Gasteiger partial charge in [-0.05, 0) is 6.07 Å². The van der Waals surface area contributed by atoms with Crippen molar-refractivity contribution in [3.8, 4) is 0 Å². The lowest BCUT2D eigenvalue weighted by atomic mass is 10.1. The van der Waals surface area contributed by atoms with Gasteiger partial charge in [-0.25, -0.2) is 0 Å². The van der Waals surface area contributed by atoms with Gasteiger partial charge in [-0.2, -0.15) is 26.3 Å². The quantitative estimate of drug-likeness (QED) is 0.351. The van der Waals surface area contributed by atoms with Crippen molar-refractivity contribution in [1.82, 2.24) is 0 Å². The number of rotatable bonds is 0. The van der Waals surface area contributed by atoms with E-state index in [2.05, 4.69) is 4.98 Å². The molecule has 1 aromatic rings. The van der Waals surface area contributed by atoms with E-state index in [1.54, 1.807) is 0 Å². The molecule has 2 nitrogen and oxygen atoms in total. The molecule has 0 aliphatic heterocycles. The molecular formula is C8H3BF10N2. The first kappa shape index (κ1) is 19.0. The van der Waals surface area contributed by atoms with E-state index in [0.29, 0.717) is 12.1 Å². The third-order valence-electron chi connectivity index (χ3n) is 1.69. The number of halogens is 10. The summed E-state index contributed by atoms with van der Waals surface area (Å²) in [5.41, 5.74) is -3.84. The highest BCUT2D eigenvalue weighted by Gasteiger charge is 2.38. The molecule has 0 radical (unpaired) electrons. The summed E-state index contributed by atoms with van der Waals surface area (Å²) >= 11 is 0. The molecule has 0 atom stereocenters. The van der Waals surface area contributed by atoms with E-state index in [1.807, 2.05) is 0 Å². The summed E-state index contributed by atoms with van der Waals surface area (Å²) in [5.74, 6) is 0. The Morgan fingerprint density at radius 1 is 0.762 bits per heavy atom. The van der Waals surface area contributed by atoms with E-state index in [9.17, 15) is 43.6 Å². The number of hydrogen-bond acceptors (Lipinski definition) is 1. The molecule has 0 aliphatic carbocycles. The van der Waals surface area contributed by atoms with Crippen LogP contribution in [0.25, 0.3) is 4.98 Å². The Morgan fingerprint density at radius 3 is 1.24 bits per heavy atom. The van der Waals surface area contributed by atoms with E-state index in [4.69, 9.17) is 5.39 Å². The van der Waals surface area contributed by atoms with Crippen LogP contribution in [0.1, 0.15) is 11.1 Å². The van der Waals surface area contributed by atoms with E-state index >= 15 is 0 Å². The van der Waals surface area contributed by atoms with Gasteiger partial charge >= 0.3 is 25.3 Å². The summed E-state index contributed by atoms with van der Waals surface area (Å²) in [6, 6.07) is 0.582. The van der Waals surface area contributed by atoms with Crippen LogP contribution in [0.2, 0.25) is 0 Å². The van der Waals surface area contributed by atoms with Gasteiger partial charge in [0.2, 0.25) is 5.39 Å². The standard InChI is InChI=1S/C8H3F6N2.BF4/c9-7(10,11)4-1-5(8(12,13)14)3-6(2-4)16-15;2-1(3,4)5/h1-3H;/q+1;-1. The fourth-order valence-corrected chi connectivity index (χ4v) is 0.996. The molecule has 21 heavy (non-hydrogen) atoms. The number of hydrogen-bond donors (Lipinski definition) is 0. The van der Waals surface area contributed by atoms with Crippen LogP contribution in [-0.4, -0.2) is 7.25 Å². The van der Waals surface area contributed by atoms with E-state index < -0.39 is 36.4 Å². The minimum Gasteiger partial charge on any atom is -0.418 e. The number of benzene rings is 1. The topological polar surface area (TPSA) is 28.1 Å². The van der Waals surface area contributed by atoms with Gasteiger partial charge < -0.3 is 17.3 Å². The van der Waals surface area contributed by atoms with Crippen LogP contribution < -0.4 is 0 Å². The summed E-state index contributed by atoms with van der Waals surface area (Å²) < 4.78 is 112. The third kappa shape index (κ3) is 8.00. The predicted molar refractivity (Wildman–Crippen MR) is 51.4 cm³/mol. The zero-order chi connectivity index (χ0) is 17.1. The third-order valence-corrected chi connectivity index (χ3v) is 1.69. The zero-order valence-electron chi connectivity index (χ0n) is 9.48. The molecular weight excluding hydrogens is 325 g/mol. The van der Waals surface area contributed by atoms with Crippen molar-refractivity contribution in [1.29, 1.82) is 5.39 Å². The normalized spacial score (nSPS) is 12.2. The number of alkyl halides is 6. The lowest BCUT2D eigenvalue weighted by Crippen LogP contribution is -2.10. The summed E-state index contributed by atoms with van der Waals surface area (Å²) in [6.45, 7) is 0. The second-order valence-electron chi connectivity index (χ2n) is 3.36. The van der Waals surface area contributed by atoms with Crippen molar-refractivity contribution >= 4 is 12.9 Å². The second-order valence-corrected chi connectivity index (χ2v) is 3.36. The van der Waals surface area contributed by atoms with Crippen molar-refractivity contribution in [2.75, 3.05) is 0 Å². The van der Waals surface area contributed by atoms with Crippen molar-refractivity contribution in [2.24, 2.45) is 0 Å². The van der Waals surface area contributed by atoms with Crippen LogP contribution in [0.4, 0.5) is 49.3 Å². The summed E-state index contributed by atoms with van der Waals surface area (Å²) in [4.78, 5) is 2.32. The minimum absolute atomic E-state index is 0.0469. The van der Waals surface area contributed by atoms with Gasteiger partial charge in [0, 0.05) is 12.1 Å². The highest BCUT2D eigenvalue weighted by atomic mass is 19.5. The predicted octanol–water partition coefficient (Wildman–Crippen LogP) is 5.51. The molecule has 118 valence electrons. The fourth-order valence-electron chi connectivity index (χ4n) is 0.996. The molecule has 1 aromatic carbocycles. The maximum atomic E-state index is 12.2. The molecule has 13 heteroatoms. The maximum absolute atomic E-state index is 12.2. The van der Waals surface area contributed by atoms with Gasteiger partial charge in [0.1, 0.15) is 0 Å². The Kier molecular flexibility index (Phi) is 5.60. The molecule has 0 aromatic heterocycles. The van der Waals surface area contributed by atoms with Crippen LogP contribution in [-0.2, 0) is 12.4 Å². The van der Waals surface area contributed by atoms with E-state index in [1.165, 1.54) is 0 Å². The van der Waals surface area contributed by atoms with Crippen LogP contribution >= 0.6 is 0 Å². The lowest BCUT2D eigenvalue weighted by molar-refractivity contribution is -0.143. The molecule has 0 saturated heterocycles. The Morgan fingerprint density at radius 2 is 1.05 bits per heavy atom. The van der Waals surface area contributed by atoms with Gasteiger partial charge in [0.05, 0.1) is 11.1 Å². The molecule has 0 unspecified atom stereocenters. The average Bonchev–Trinajstić information content (AvgIpc) is 2.23. The van der Waals surface area contributed by atoms with Gasteiger partial charge in [0.15, 0.2) is 4.98 Å². The van der Waals surface area contributed by atoms with Crippen molar-refractivity contribution < 1.29 is 43.6 Å². The molecule has 0 spiro atoms. The van der Waals surface area contributed by atoms with Crippen LogP contribution in [0.5, 0.6) is 0 Å². The average molecular weight is 328 g/mol. The first-order chi connectivity index (χ1) is 9.14. The maximum Gasteiger partial charge on any atom is 0.673 e. The Balaban J connectivity index is 0.000000690.